The Balaban J connectivity index is 1.98. The Hall–Kier alpha value is -0.580. The number of anilines is 1. The van der Waals surface area contributed by atoms with Gasteiger partial charge in [0, 0.05) is 15.2 Å². The van der Waals surface area contributed by atoms with Gasteiger partial charge in [0.2, 0.25) is 5.91 Å². The average molecular weight is 315 g/mol. The summed E-state index contributed by atoms with van der Waals surface area (Å²) in [4.78, 5) is 11.8. The Kier molecular flexibility index (Phi) is 2.75. The highest BCUT2D eigenvalue weighted by atomic mass is 127. The molecule has 15 heavy (non-hydrogen) atoms. The molecule has 1 aromatic rings. The average Bonchev–Trinajstić information content (AvgIpc) is 2.79. The van der Waals surface area contributed by atoms with E-state index in [1.165, 1.54) is 3.57 Å². The van der Waals surface area contributed by atoms with Gasteiger partial charge >= 0.3 is 0 Å². The van der Waals surface area contributed by atoms with Crippen LogP contribution < -0.4 is 5.32 Å². The van der Waals surface area contributed by atoms with Crippen LogP contribution in [0.25, 0.3) is 0 Å². The van der Waals surface area contributed by atoms with Gasteiger partial charge < -0.3 is 5.32 Å². The highest BCUT2D eigenvalue weighted by Crippen LogP contribution is 2.51. The van der Waals surface area contributed by atoms with Crippen LogP contribution in [0.2, 0.25) is 0 Å². The topological polar surface area (TPSA) is 29.1 Å². The third-order valence-electron chi connectivity index (χ3n) is 2.94. The van der Waals surface area contributed by atoms with Crippen LogP contribution in [0, 0.1) is 14.9 Å². The standard InChI is InChI=1S/C12H14INO/c1-12(2)7-10(12)11(15)14-9-5-3-8(13)4-6-9/h3-6,10H,7H2,1-2H3,(H,14,15). The lowest BCUT2D eigenvalue weighted by Crippen LogP contribution is -2.16. The summed E-state index contributed by atoms with van der Waals surface area (Å²) in [6, 6.07) is 7.87. The number of rotatable bonds is 2. The van der Waals surface area contributed by atoms with Crippen LogP contribution in [-0.4, -0.2) is 5.91 Å². The van der Waals surface area contributed by atoms with E-state index < -0.39 is 0 Å². The van der Waals surface area contributed by atoms with Crippen molar-refractivity contribution in [2.24, 2.45) is 11.3 Å². The van der Waals surface area contributed by atoms with Crippen LogP contribution in [0.15, 0.2) is 24.3 Å². The minimum Gasteiger partial charge on any atom is -0.326 e. The van der Waals surface area contributed by atoms with E-state index in [-0.39, 0.29) is 17.2 Å². The van der Waals surface area contributed by atoms with Crippen molar-refractivity contribution in [3.8, 4) is 0 Å². The molecule has 0 saturated heterocycles. The quantitative estimate of drug-likeness (QED) is 0.834. The molecule has 1 fully saturated rings. The molecule has 2 rings (SSSR count). The van der Waals surface area contributed by atoms with Crippen LogP contribution in [0.1, 0.15) is 20.3 Å². The first-order chi connectivity index (χ1) is 6.99. The summed E-state index contributed by atoms with van der Waals surface area (Å²) < 4.78 is 1.18. The van der Waals surface area contributed by atoms with Gasteiger partial charge in [-0.15, -0.1) is 0 Å². The molecule has 1 unspecified atom stereocenters. The second kappa shape index (κ2) is 3.77. The third kappa shape index (κ3) is 2.51. The van der Waals surface area contributed by atoms with E-state index >= 15 is 0 Å². The predicted molar refractivity (Wildman–Crippen MR) is 69.7 cm³/mol. The van der Waals surface area contributed by atoms with Crippen molar-refractivity contribution in [3.05, 3.63) is 27.8 Å². The number of hydrogen-bond acceptors (Lipinski definition) is 1. The summed E-state index contributed by atoms with van der Waals surface area (Å²) in [5.41, 5.74) is 1.09. The minimum absolute atomic E-state index is 0.154. The molecule has 0 heterocycles. The molecule has 2 nitrogen and oxygen atoms in total. The fraction of sp³-hybridized carbons (Fsp3) is 0.417. The van der Waals surface area contributed by atoms with Gasteiger partial charge in [0.15, 0.2) is 0 Å². The van der Waals surface area contributed by atoms with E-state index in [9.17, 15) is 4.79 Å². The molecule has 1 atom stereocenters. The van der Waals surface area contributed by atoms with E-state index in [0.717, 1.165) is 12.1 Å². The second-order valence-electron chi connectivity index (χ2n) is 4.74. The minimum atomic E-state index is 0.154. The highest BCUT2D eigenvalue weighted by molar-refractivity contribution is 14.1. The van der Waals surface area contributed by atoms with Gasteiger partial charge in [-0.2, -0.15) is 0 Å². The van der Waals surface area contributed by atoms with E-state index in [1.807, 2.05) is 24.3 Å². The smallest absolute Gasteiger partial charge is 0.228 e. The molecule has 1 aromatic carbocycles. The lowest BCUT2D eigenvalue weighted by Gasteiger charge is -2.06. The van der Waals surface area contributed by atoms with Crippen LogP contribution in [0.5, 0.6) is 0 Å². The van der Waals surface area contributed by atoms with Gasteiger partial charge in [-0.3, -0.25) is 4.79 Å². The molecule has 0 aromatic heterocycles. The maximum Gasteiger partial charge on any atom is 0.228 e. The number of nitrogens with one attached hydrogen (secondary N) is 1. The van der Waals surface area contributed by atoms with Gasteiger partial charge in [-0.05, 0) is 58.7 Å². The lowest BCUT2D eigenvalue weighted by molar-refractivity contribution is -0.117. The number of benzene rings is 1. The summed E-state index contributed by atoms with van der Waals surface area (Å²) in [6.45, 7) is 4.26. The molecule has 1 saturated carbocycles. The van der Waals surface area contributed by atoms with Crippen molar-refractivity contribution < 1.29 is 4.79 Å². The first-order valence-electron chi connectivity index (χ1n) is 5.05. The Morgan fingerprint density at radius 1 is 1.40 bits per heavy atom. The molecule has 0 spiro atoms. The first-order valence-corrected chi connectivity index (χ1v) is 6.13. The summed E-state index contributed by atoms with van der Waals surface area (Å²) >= 11 is 2.25. The van der Waals surface area contributed by atoms with Gasteiger partial charge in [-0.1, -0.05) is 13.8 Å². The zero-order chi connectivity index (χ0) is 11.1. The molecule has 80 valence electrons. The normalized spacial score (nSPS) is 22.2. The Morgan fingerprint density at radius 3 is 2.40 bits per heavy atom. The van der Waals surface area contributed by atoms with Gasteiger partial charge in [0.25, 0.3) is 0 Å². The third-order valence-corrected chi connectivity index (χ3v) is 3.66. The molecule has 1 amide bonds. The van der Waals surface area contributed by atoms with E-state index in [2.05, 4.69) is 41.8 Å². The van der Waals surface area contributed by atoms with Crippen LogP contribution in [-0.2, 0) is 4.79 Å². The summed E-state index contributed by atoms with van der Waals surface area (Å²) in [7, 11) is 0. The zero-order valence-electron chi connectivity index (χ0n) is 8.88. The fourth-order valence-corrected chi connectivity index (χ4v) is 2.04. The Morgan fingerprint density at radius 2 is 1.93 bits per heavy atom. The molecule has 0 aliphatic heterocycles. The van der Waals surface area contributed by atoms with Gasteiger partial charge in [0.1, 0.15) is 0 Å². The summed E-state index contributed by atoms with van der Waals surface area (Å²) in [6.07, 6.45) is 1.00. The maximum atomic E-state index is 11.8. The molecule has 1 aliphatic carbocycles. The van der Waals surface area contributed by atoms with E-state index in [0.29, 0.717) is 0 Å². The SMILES string of the molecule is CC1(C)CC1C(=O)Nc1ccc(I)cc1. The summed E-state index contributed by atoms with van der Waals surface area (Å²) in [5.74, 6) is 0.345. The van der Waals surface area contributed by atoms with Crippen LogP contribution >= 0.6 is 22.6 Å². The summed E-state index contributed by atoms with van der Waals surface area (Å²) in [5, 5.41) is 2.94. The number of hydrogen-bond donors (Lipinski definition) is 1. The number of carbonyl (C=O) groups is 1. The molecule has 1 aliphatic rings. The largest absolute Gasteiger partial charge is 0.326 e. The van der Waals surface area contributed by atoms with Crippen LogP contribution in [0.4, 0.5) is 5.69 Å². The van der Waals surface area contributed by atoms with Crippen LogP contribution in [0.3, 0.4) is 0 Å². The van der Waals surface area contributed by atoms with Crippen molar-refractivity contribution in [2.45, 2.75) is 20.3 Å². The van der Waals surface area contributed by atoms with Crippen molar-refractivity contribution in [1.29, 1.82) is 0 Å². The zero-order valence-corrected chi connectivity index (χ0v) is 11.0. The van der Waals surface area contributed by atoms with Crippen molar-refractivity contribution in [1.82, 2.24) is 0 Å². The molecule has 0 bridgehead atoms. The monoisotopic (exact) mass is 315 g/mol. The molecular weight excluding hydrogens is 301 g/mol. The van der Waals surface area contributed by atoms with Crippen molar-refractivity contribution >= 4 is 34.2 Å². The van der Waals surface area contributed by atoms with Crippen molar-refractivity contribution in [3.63, 3.8) is 0 Å². The Labute approximate surface area is 104 Å². The number of amides is 1. The second-order valence-corrected chi connectivity index (χ2v) is 5.99. The van der Waals surface area contributed by atoms with Gasteiger partial charge in [0.05, 0.1) is 0 Å². The maximum absolute atomic E-state index is 11.8. The lowest BCUT2D eigenvalue weighted by atomic mass is 10.1. The highest BCUT2D eigenvalue weighted by Gasteiger charge is 2.50. The number of carbonyl (C=O) groups excluding carboxylic acids is 1. The fourth-order valence-electron chi connectivity index (χ4n) is 1.68. The number of halogens is 1. The molecular formula is C12H14INO. The first kappa shape index (κ1) is 10.9. The molecule has 0 radical (unpaired) electrons. The molecule has 3 heteroatoms. The van der Waals surface area contributed by atoms with Crippen molar-refractivity contribution in [2.75, 3.05) is 5.32 Å². The van der Waals surface area contributed by atoms with E-state index in [4.69, 9.17) is 0 Å². The predicted octanol–water partition coefficient (Wildman–Crippen LogP) is 3.28. The van der Waals surface area contributed by atoms with E-state index in [1.54, 1.807) is 0 Å². The Bertz CT molecular complexity index is 383. The molecule has 1 N–H and O–H groups in total. The van der Waals surface area contributed by atoms with Gasteiger partial charge in [-0.25, -0.2) is 0 Å².